The summed E-state index contributed by atoms with van der Waals surface area (Å²) in [7, 11) is 0. The van der Waals surface area contributed by atoms with Crippen LogP contribution in [0.5, 0.6) is 11.5 Å². The predicted octanol–water partition coefficient (Wildman–Crippen LogP) is 5.02. The van der Waals surface area contributed by atoms with E-state index in [9.17, 15) is 5.26 Å². The third-order valence-electron chi connectivity index (χ3n) is 3.97. The number of nitrogens with zero attached hydrogens (tertiary/aromatic N) is 4. The summed E-state index contributed by atoms with van der Waals surface area (Å²) in [5.41, 5.74) is 1.87. The van der Waals surface area contributed by atoms with E-state index in [-0.39, 0.29) is 0 Å². The first-order valence-corrected chi connectivity index (χ1v) is 8.86. The molecule has 0 aliphatic rings. The summed E-state index contributed by atoms with van der Waals surface area (Å²) >= 11 is 0. The lowest BCUT2D eigenvalue weighted by Gasteiger charge is -2.12. The Hall–Kier alpha value is -4.44. The molecule has 0 aliphatic heterocycles. The zero-order chi connectivity index (χ0) is 19.9. The number of hydrogen-bond acceptors (Lipinski definition) is 7. The second-order valence-corrected chi connectivity index (χ2v) is 5.98. The van der Waals surface area contributed by atoms with Crippen molar-refractivity contribution in [1.29, 1.82) is 5.26 Å². The molecule has 4 aromatic rings. The number of ether oxygens (including phenoxy) is 1. The maximum atomic E-state index is 9.23. The van der Waals surface area contributed by atoms with Crippen LogP contribution in [0.4, 0.5) is 23.1 Å². The summed E-state index contributed by atoms with van der Waals surface area (Å²) in [6.45, 7) is 0. The Bertz CT molecular complexity index is 1160. The van der Waals surface area contributed by atoms with Gasteiger partial charge >= 0.3 is 0 Å². The third kappa shape index (κ3) is 4.46. The molecule has 1 heterocycles. The maximum Gasteiger partial charge on any atom is 0.249 e. The number of nitriles is 1. The molecule has 0 aliphatic carbocycles. The van der Waals surface area contributed by atoms with E-state index in [1.54, 1.807) is 18.2 Å². The Morgan fingerprint density at radius 1 is 0.793 bits per heavy atom. The Morgan fingerprint density at radius 2 is 1.52 bits per heavy atom. The highest BCUT2D eigenvalue weighted by atomic mass is 16.5. The molecule has 7 nitrogen and oxygen atoms in total. The van der Waals surface area contributed by atoms with E-state index in [0.717, 1.165) is 5.75 Å². The lowest BCUT2D eigenvalue weighted by atomic mass is 10.2. The second-order valence-electron chi connectivity index (χ2n) is 5.98. The SMILES string of the molecule is N#Cc1ccccc1Nc1cnnc(Nc2ccccc2Oc2ccccc2)n1. The largest absolute Gasteiger partial charge is 0.455 e. The van der Waals surface area contributed by atoms with E-state index in [0.29, 0.717) is 34.5 Å². The summed E-state index contributed by atoms with van der Waals surface area (Å²) in [6.07, 6.45) is 1.49. The van der Waals surface area contributed by atoms with Crippen LogP contribution < -0.4 is 15.4 Å². The fraction of sp³-hybridized carbons (Fsp3) is 0. The number of anilines is 4. The normalized spacial score (nSPS) is 10.0. The molecule has 0 bridgehead atoms. The molecule has 0 radical (unpaired) electrons. The fourth-order valence-corrected chi connectivity index (χ4v) is 2.64. The smallest absolute Gasteiger partial charge is 0.249 e. The highest BCUT2D eigenvalue weighted by Crippen LogP contribution is 2.30. The van der Waals surface area contributed by atoms with Gasteiger partial charge in [-0.05, 0) is 36.4 Å². The molecule has 140 valence electrons. The summed E-state index contributed by atoms with van der Waals surface area (Å²) in [6, 6.07) is 26.3. The molecule has 3 aromatic carbocycles. The lowest BCUT2D eigenvalue weighted by Crippen LogP contribution is -2.03. The molecule has 0 saturated heterocycles. The molecule has 0 atom stereocenters. The van der Waals surface area contributed by atoms with Crippen LogP contribution in [0.2, 0.25) is 0 Å². The van der Waals surface area contributed by atoms with Crippen molar-refractivity contribution in [2.75, 3.05) is 10.6 Å². The van der Waals surface area contributed by atoms with Crippen molar-refractivity contribution >= 4 is 23.1 Å². The van der Waals surface area contributed by atoms with Gasteiger partial charge in [-0.1, -0.05) is 42.5 Å². The molecule has 0 saturated carbocycles. The first kappa shape index (κ1) is 17.9. The highest BCUT2D eigenvalue weighted by Gasteiger charge is 2.08. The number of nitrogens with one attached hydrogen (secondary N) is 2. The average Bonchev–Trinajstić information content (AvgIpc) is 2.77. The molecule has 7 heteroatoms. The third-order valence-corrected chi connectivity index (χ3v) is 3.97. The van der Waals surface area contributed by atoms with Crippen LogP contribution in [0, 0.1) is 11.3 Å². The maximum absolute atomic E-state index is 9.23. The number of hydrogen-bond donors (Lipinski definition) is 2. The summed E-state index contributed by atoms with van der Waals surface area (Å²) < 4.78 is 5.95. The molecule has 0 unspecified atom stereocenters. The van der Waals surface area contributed by atoms with Gasteiger partial charge < -0.3 is 15.4 Å². The van der Waals surface area contributed by atoms with Gasteiger partial charge in [0.25, 0.3) is 0 Å². The van der Waals surface area contributed by atoms with Crippen LogP contribution in [-0.2, 0) is 0 Å². The van der Waals surface area contributed by atoms with Crippen LogP contribution in [-0.4, -0.2) is 15.2 Å². The number of aromatic nitrogens is 3. The molecular formula is C22H16N6O. The minimum atomic E-state index is 0.300. The predicted molar refractivity (Wildman–Crippen MR) is 111 cm³/mol. The van der Waals surface area contributed by atoms with Gasteiger partial charge in [0.05, 0.1) is 23.1 Å². The van der Waals surface area contributed by atoms with Crippen LogP contribution in [0.1, 0.15) is 5.56 Å². The average molecular weight is 380 g/mol. The Balaban J connectivity index is 1.55. The lowest BCUT2D eigenvalue weighted by molar-refractivity contribution is 0.485. The van der Waals surface area contributed by atoms with Crippen molar-refractivity contribution < 1.29 is 4.74 Å². The van der Waals surface area contributed by atoms with Gasteiger partial charge in [0.15, 0.2) is 11.6 Å². The van der Waals surface area contributed by atoms with E-state index in [2.05, 4.69) is 31.9 Å². The quantitative estimate of drug-likeness (QED) is 0.485. The van der Waals surface area contributed by atoms with Crippen molar-refractivity contribution in [3.8, 4) is 17.6 Å². The number of para-hydroxylation sites is 4. The number of benzene rings is 3. The molecule has 29 heavy (non-hydrogen) atoms. The molecule has 4 rings (SSSR count). The Kier molecular flexibility index (Phi) is 5.26. The Labute approximate surface area is 167 Å². The Morgan fingerprint density at radius 3 is 2.34 bits per heavy atom. The zero-order valence-electron chi connectivity index (χ0n) is 15.3. The van der Waals surface area contributed by atoms with Crippen molar-refractivity contribution in [3.63, 3.8) is 0 Å². The molecule has 1 aromatic heterocycles. The van der Waals surface area contributed by atoms with Crippen LogP contribution in [0.3, 0.4) is 0 Å². The van der Waals surface area contributed by atoms with Gasteiger partial charge in [-0.15, -0.1) is 5.10 Å². The van der Waals surface area contributed by atoms with Crippen LogP contribution >= 0.6 is 0 Å². The molecule has 0 fully saturated rings. The highest BCUT2D eigenvalue weighted by molar-refractivity contribution is 5.66. The minimum Gasteiger partial charge on any atom is -0.455 e. The van der Waals surface area contributed by atoms with Crippen molar-refractivity contribution in [2.45, 2.75) is 0 Å². The fourth-order valence-electron chi connectivity index (χ4n) is 2.64. The summed E-state index contributed by atoms with van der Waals surface area (Å²) in [5.74, 6) is 2.13. The van der Waals surface area contributed by atoms with Gasteiger partial charge in [-0.2, -0.15) is 15.3 Å². The van der Waals surface area contributed by atoms with Crippen LogP contribution in [0.15, 0.2) is 85.1 Å². The van der Waals surface area contributed by atoms with Gasteiger partial charge in [0.2, 0.25) is 5.95 Å². The van der Waals surface area contributed by atoms with Gasteiger partial charge in [-0.25, -0.2) is 0 Å². The van der Waals surface area contributed by atoms with Gasteiger partial charge in [-0.3, -0.25) is 0 Å². The van der Waals surface area contributed by atoms with E-state index < -0.39 is 0 Å². The summed E-state index contributed by atoms with van der Waals surface area (Å²) in [4.78, 5) is 4.43. The van der Waals surface area contributed by atoms with Crippen molar-refractivity contribution in [3.05, 3.63) is 90.6 Å². The van der Waals surface area contributed by atoms with Crippen molar-refractivity contribution in [2.24, 2.45) is 0 Å². The van der Waals surface area contributed by atoms with E-state index in [4.69, 9.17) is 4.74 Å². The standard InChI is InChI=1S/C22H16N6O/c23-14-16-8-4-5-11-18(16)25-21-15-24-28-22(27-21)26-19-12-6-7-13-20(19)29-17-9-2-1-3-10-17/h1-13,15H,(H2,25,26,27,28). The molecule has 0 spiro atoms. The molecular weight excluding hydrogens is 364 g/mol. The van der Waals surface area contributed by atoms with Crippen molar-refractivity contribution in [1.82, 2.24) is 15.2 Å². The van der Waals surface area contributed by atoms with E-state index in [1.165, 1.54) is 6.20 Å². The van der Waals surface area contributed by atoms with Crippen LogP contribution in [0.25, 0.3) is 0 Å². The summed E-state index contributed by atoms with van der Waals surface area (Å²) in [5, 5.41) is 23.5. The van der Waals surface area contributed by atoms with Gasteiger partial charge in [0, 0.05) is 0 Å². The minimum absolute atomic E-state index is 0.300. The molecule has 2 N–H and O–H groups in total. The number of rotatable bonds is 6. The first-order valence-electron chi connectivity index (χ1n) is 8.86. The molecule has 0 amide bonds. The first-order chi connectivity index (χ1) is 14.3. The van der Waals surface area contributed by atoms with Gasteiger partial charge in [0.1, 0.15) is 11.8 Å². The zero-order valence-corrected chi connectivity index (χ0v) is 15.3. The van der Waals surface area contributed by atoms with E-state index >= 15 is 0 Å². The second kappa shape index (κ2) is 8.50. The topological polar surface area (TPSA) is 95.8 Å². The monoisotopic (exact) mass is 380 g/mol. The van der Waals surface area contributed by atoms with E-state index in [1.807, 2.05) is 60.7 Å².